The molecular weight excluding hydrogens is 667 g/mol. The Hall–Kier alpha value is -5.78. The van der Waals surface area contributed by atoms with Crippen LogP contribution in [0.25, 0.3) is 53.8 Å². The first kappa shape index (κ1) is 34.3. The second-order valence-electron chi connectivity index (χ2n) is 15.7. The summed E-state index contributed by atoms with van der Waals surface area (Å²) in [7, 11) is 0. The molecule has 0 spiro atoms. The molecule has 0 aliphatic heterocycles. The minimum Gasteiger partial charge on any atom is -0.507 e. The highest BCUT2D eigenvalue weighted by molar-refractivity contribution is 7.26. The summed E-state index contributed by atoms with van der Waals surface area (Å²) in [6.07, 6.45) is 1.84. The van der Waals surface area contributed by atoms with Crippen molar-refractivity contribution in [2.75, 3.05) is 4.90 Å². The number of pyridine rings is 2. The Balaban J connectivity index is 1.37. The molecule has 0 atom stereocenters. The zero-order valence-electron chi connectivity index (χ0n) is 31.1. The molecule has 0 saturated heterocycles. The number of aromatic nitrogens is 2. The minimum absolute atomic E-state index is 0.126. The Morgan fingerprint density at radius 2 is 1.32 bits per heavy atom. The number of phenols is 1. The van der Waals surface area contributed by atoms with Crippen molar-refractivity contribution < 1.29 is 5.11 Å². The van der Waals surface area contributed by atoms with Crippen molar-refractivity contribution in [3.63, 3.8) is 0 Å². The van der Waals surface area contributed by atoms with Gasteiger partial charge in [-0.2, -0.15) is 0 Å². The number of fused-ring (bicyclic) bond motifs is 3. The lowest BCUT2D eigenvalue weighted by atomic mass is 9.78. The number of hydrogen-bond acceptors (Lipinski definition) is 5. The van der Waals surface area contributed by atoms with Crippen LogP contribution < -0.4 is 4.90 Å². The first-order chi connectivity index (χ1) is 25.5. The molecule has 0 saturated carbocycles. The molecule has 0 unspecified atom stereocenters. The molecule has 4 nitrogen and oxygen atoms in total. The van der Waals surface area contributed by atoms with Crippen LogP contribution in [0.2, 0.25) is 0 Å². The van der Waals surface area contributed by atoms with Crippen LogP contribution in [-0.2, 0) is 10.8 Å². The fraction of sp³-hybridized carbons (Fsp3) is 0.167. The molecule has 1 N–H and O–H groups in total. The molecule has 0 radical (unpaired) electrons. The molecule has 3 heterocycles. The van der Waals surface area contributed by atoms with Gasteiger partial charge in [-0.15, -0.1) is 11.3 Å². The third-order valence-electron chi connectivity index (χ3n) is 9.91. The normalized spacial score (nSPS) is 12.0. The molecule has 0 fully saturated rings. The lowest BCUT2D eigenvalue weighted by Gasteiger charge is -2.28. The highest BCUT2D eigenvalue weighted by Gasteiger charge is 2.28. The van der Waals surface area contributed by atoms with Gasteiger partial charge in [0.25, 0.3) is 0 Å². The third-order valence-corrected chi connectivity index (χ3v) is 11.1. The molecule has 0 aliphatic carbocycles. The Bertz CT molecular complexity index is 2600. The van der Waals surface area contributed by atoms with E-state index in [1.807, 2.05) is 30.5 Å². The van der Waals surface area contributed by atoms with Gasteiger partial charge in [0.15, 0.2) is 0 Å². The lowest BCUT2D eigenvalue weighted by Crippen LogP contribution is -2.17. The van der Waals surface area contributed by atoms with E-state index in [1.165, 1.54) is 15.6 Å². The predicted molar refractivity (Wildman–Crippen MR) is 225 cm³/mol. The lowest BCUT2D eigenvalue weighted by molar-refractivity contribution is 0.446. The van der Waals surface area contributed by atoms with Crippen LogP contribution in [0.15, 0.2) is 146 Å². The quantitative estimate of drug-likeness (QED) is 0.187. The minimum atomic E-state index is -0.268. The maximum atomic E-state index is 12.1. The zero-order valence-corrected chi connectivity index (χ0v) is 31.9. The molecule has 5 heteroatoms. The van der Waals surface area contributed by atoms with E-state index in [1.54, 1.807) is 11.3 Å². The van der Waals surface area contributed by atoms with Gasteiger partial charge in [0.2, 0.25) is 0 Å². The van der Waals surface area contributed by atoms with E-state index in [9.17, 15) is 5.11 Å². The van der Waals surface area contributed by atoms with E-state index in [-0.39, 0.29) is 10.8 Å². The second kappa shape index (κ2) is 13.3. The van der Waals surface area contributed by atoms with Crippen molar-refractivity contribution >= 4 is 48.7 Å². The molecule has 3 aromatic heterocycles. The van der Waals surface area contributed by atoms with Gasteiger partial charge in [0.05, 0.1) is 21.8 Å². The molecule has 53 heavy (non-hydrogen) atoms. The summed E-state index contributed by atoms with van der Waals surface area (Å²) >= 11 is 1.73. The Morgan fingerprint density at radius 1 is 0.604 bits per heavy atom. The molecule has 8 rings (SSSR count). The van der Waals surface area contributed by atoms with Crippen LogP contribution in [-0.4, -0.2) is 15.1 Å². The standard InChI is InChI=1S/C48H43N3OS/c1-47(2,3)33-28-38(45(52)39(29-33)48(4,5)6)44-46-37(36-22-11-13-24-42(36)53-46)30-40(50-44)32-19-16-20-34(27-32)51(43-25-14-15-26-49-43)41-23-12-10-21-35(41)31-17-8-7-9-18-31/h7-30,52H,1-6H3. The fourth-order valence-electron chi connectivity index (χ4n) is 7.09. The first-order valence-electron chi connectivity index (χ1n) is 18.1. The fourth-order valence-corrected chi connectivity index (χ4v) is 8.28. The van der Waals surface area contributed by atoms with Crippen LogP contribution in [0.3, 0.4) is 0 Å². The summed E-state index contributed by atoms with van der Waals surface area (Å²) < 4.78 is 2.26. The van der Waals surface area contributed by atoms with Crippen LogP contribution in [0.5, 0.6) is 5.75 Å². The predicted octanol–water partition coefficient (Wildman–Crippen LogP) is 13.6. The number of benzene rings is 5. The monoisotopic (exact) mass is 709 g/mol. The van der Waals surface area contributed by atoms with Crippen molar-refractivity contribution in [2.45, 2.75) is 52.4 Å². The average Bonchev–Trinajstić information content (AvgIpc) is 3.54. The summed E-state index contributed by atoms with van der Waals surface area (Å²) in [6, 6.07) is 48.6. The van der Waals surface area contributed by atoms with E-state index in [4.69, 9.17) is 9.97 Å². The number of thiophene rings is 1. The van der Waals surface area contributed by atoms with Crippen molar-refractivity contribution in [2.24, 2.45) is 0 Å². The molecule has 262 valence electrons. The largest absolute Gasteiger partial charge is 0.507 e. The van der Waals surface area contributed by atoms with E-state index in [0.29, 0.717) is 5.75 Å². The van der Waals surface area contributed by atoms with Crippen molar-refractivity contribution in [1.29, 1.82) is 0 Å². The van der Waals surface area contributed by atoms with Gasteiger partial charge in [0, 0.05) is 49.6 Å². The second-order valence-corrected chi connectivity index (χ2v) is 16.8. The van der Waals surface area contributed by atoms with E-state index < -0.39 is 0 Å². The number of aromatic hydroxyl groups is 1. The van der Waals surface area contributed by atoms with Gasteiger partial charge in [-0.25, -0.2) is 9.97 Å². The van der Waals surface area contributed by atoms with Crippen molar-refractivity contribution in [1.82, 2.24) is 9.97 Å². The number of nitrogens with zero attached hydrogens (tertiary/aromatic N) is 3. The van der Waals surface area contributed by atoms with Crippen LogP contribution in [0.1, 0.15) is 52.7 Å². The Morgan fingerprint density at radius 3 is 2.08 bits per heavy atom. The number of phenolic OH excluding ortho intramolecular Hbond substituents is 1. The van der Waals surface area contributed by atoms with E-state index in [2.05, 4.69) is 162 Å². The number of anilines is 3. The summed E-state index contributed by atoms with van der Waals surface area (Å²) in [5, 5.41) is 14.4. The number of para-hydroxylation sites is 1. The summed E-state index contributed by atoms with van der Waals surface area (Å²) in [5.74, 6) is 1.11. The molecule has 0 amide bonds. The Kier molecular flexibility index (Phi) is 8.63. The topological polar surface area (TPSA) is 49.2 Å². The maximum absolute atomic E-state index is 12.1. The molecule has 0 aliphatic rings. The van der Waals surface area contributed by atoms with Crippen molar-refractivity contribution in [3.8, 4) is 39.4 Å². The summed E-state index contributed by atoms with van der Waals surface area (Å²) in [4.78, 5) is 12.5. The van der Waals surface area contributed by atoms with Crippen LogP contribution >= 0.6 is 11.3 Å². The van der Waals surface area contributed by atoms with E-state index in [0.717, 1.165) is 66.5 Å². The SMILES string of the molecule is CC(C)(C)c1cc(-c2nc(-c3cccc(N(c4ccccn4)c4ccccc4-c4ccccc4)c3)cc3c2sc2ccccc23)c(O)c(C(C)(C)C)c1. The van der Waals surface area contributed by atoms with Gasteiger partial charge < -0.3 is 5.11 Å². The van der Waals surface area contributed by atoms with E-state index >= 15 is 0 Å². The average molecular weight is 710 g/mol. The van der Waals surface area contributed by atoms with Gasteiger partial charge in [-0.3, -0.25) is 4.90 Å². The molecule has 5 aromatic carbocycles. The van der Waals surface area contributed by atoms with Crippen molar-refractivity contribution in [3.05, 3.63) is 157 Å². The molecule has 8 aromatic rings. The molecule has 0 bridgehead atoms. The number of rotatable bonds is 6. The van der Waals surface area contributed by atoms with Crippen LogP contribution in [0.4, 0.5) is 17.2 Å². The van der Waals surface area contributed by atoms with Gasteiger partial charge in [-0.05, 0) is 70.5 Å². The first-order valence-corrected chi connectivity index (χ1v) is 19.0. The third kappa shape index (κ3) is 6.47. The summed E-state index contributed by atoms with van der Waals surface area (Å²) in [5.41, 5.74) is 9.32. The smallest absolute Gasteiger partial charge is 0.137 e. The molecular formula is C48H43N3OS. The highest BCUT2D eigenvalue weighted by Crippen LogP contribution is 2.48. The summed E-state index contributed by atoms with van der Waals surface area (Å²) in [6.45, 7) is 13.2. The van der Waals surface area contributed by atoms with Gasteiger partial charge in [-0.1, -0.05) is 133 Å². The zero-order chi connectivity index (χ0) is 36.9. The number of hydrogen-bond donors (Lipinski definition) is 1. The maximum Gasteiger partial charge on any atom is 0.137 e. The Labute approximate surface area is 316 Å². The van der Waals surface area contributed by atoms with Gasteiger partial charge in [0.1, 0.15) is 11.6 Å². The highest BCUT2D eigenvalue weighted by atomic mass is 32.1. The van der Waals surface area contributed by atoms with Gasteiger partial charge >= 0.3 is 0 Å². The van der Waals surface area contributed by atoms with Crippen LogP contribution in [0, 0.1) is 0 Å².